The number of ether oxygens (including phenoxy) is 6. The van der Waals surface area contributed by atoms with Gasteiger partial charge in [-0.15, -0.1) is 6.58 Å². The Bertz CT molecular complexity index is 531. The molecule has 0 amide bonds. The SMILES string of the molecule is C=CCO[C@@H]1O[C@@](COCOC)(CO[Si](C)(C)C(C)(C)C)[C@H]2OC(C)(C)O[C@@H]12. The zero-order valence-electron chi connectivity index (χ0n) is 18.7. The van der Waals surface area contributed by atoms with Gasteiger partial charge in [-0.25, -0.2) is 0 Å². The summed E-state index contributed by atoms with van der Waals surface area (Å²) in [6, 6.07) is 0. The largest absolute Gasteiger partial charge is 0.414 e. The second kappa shape index (κ2) is 8.81. The minimum Gasteiger partial charge on any atom is -0.414 e. The van der Waals surface area contributed by atoms with Gasteiger partial charge in [0.2, 0.25) is 0 Å². The lowest BCUT2D eigenvalue weighted by Gasteiger charge is -2.41. The normalized spacial score (nSPS) is 32.5. The Morgan fingerprint density at radius 3 is 2.36 bits per heavy atom. The van der Waals surface area contributed by atoms with Crippen molar-refractivity contribution in [1.29, 1.82) is 0 Å². The van der Waals surface area contributed by atoms with Crippen LogP contribution in [0.25, 0.3) is 0 Å². The van der Waals surface area contributed by atoms with Crippen molar-refractivity contribution in [3.8, 4) is 0 Å². The first-order chi connectivity index (χ1) is 12.9. The molecule has 4 atom stereocenters. The zero-order valence-corrected chi connectivity index (χ0v) is 19.7. The van der Waals surface area contributed by atoms with Crippen LogP contribution in [0.3, 0.4) is 0 Å². The molecule has 0 bridgehead atoms. The molecular formula is C20H38O7Si. The maximum Gasteiger partial charge on any atom is 0.192 e. The summed E-state index contributed by atoms with van der Waals surface area (Å²) < 4.78 is 41.9. The van der Waals surface area contributed by atoms with Crippen LogP contribution in [0.15, 0.2) is 12.7 Å². The van der Waals surface area contributed by atoms with Crippen molar-refractivity contribution in [3.63, 3.8) is 0 Å². The summed E-state index contributed by atoms with van der Waals surface area (Å²) in [7, 11) is -0.425. The molecule has 8 heteroatoms. The molecule has 0 aromatic rings. The summed E-state index contributed by atoms with van der Waals surface area (Å²) in [6.45, 7) is 19.7. The Kier molecular flexibility index (Phi) is 7.54. The van der Waals surface area contributed by atoms with E-state index in [-0.39, 0.29) is 30.6 Å². The van der Waals surface area contributed by atoms with Crippen LogP contribution < -0.4 is 0 Å². The third-order valence-electron chi connectivity index (χ3n) is 5.68. The third-order valence-corrected chi connectivity index (χ3v) is 10.2. The number of hydrogen-bond acceptors (Lipinski definition) is 7. The van der Waals surface area contributed by atoms with E-state index in [1.807, 2.05) is 13.8 Å². The molecule has 0 aromatic carbocycles. The van der Waals surface area contributed by atoms with E-state index in [0.717, 1.165) is 0 Å². The van der Waals surface area contributed by atoms with E-state index in [4.69, 9.17) is 32.8 Å². The molecule has 2 rings (SSSR count). The summed E-state index contributed by atoms with van der Waals surface area (Å²) in [6.07, 6.45) is 0.356. The fraction of sp³-hybridized carbons (Fsp3) is 0.900. The van der Waals surface area contributed by atoms with Crippen molar-refractivity contribution in [1.82, 2.24) is 0 Å². The maximum absolute atomic E-state index is 6.52. The summed E-state index contributed by atoms with van der Waals surface area (Å²) in [5.74, 6) is -0.738. The van der Waals surface area contributed by atoms with Crippen LogP contribution in [0.5, 0.6) is 0 Å². The minimum atomic E-state index is -2.01. The molecule has 164 valence electrons. The highest BCUT2D eigenvalue weighted by Crippen LogP contribution is 2.46. The predicted molar refractivity (Wildman–Crippen MR) is 109 cm³/mol. The lowest BCUT2D eigenvalue weighted by molar-refractivity contribution is -0.270. The molecular weight excluding hydrogens is 380 g/mol. The number of hydrogen-bond donors (Lipinski definition) is 0. The fourth-order valence-electron chi connectivity index (χ4n) is 3.14. The zero-order chi connectivity index (χ0) is 21.2. The molecule has 0 radical (unpaired) electrons. The third kappa shape index (κ3) is 5.23. The molecule has 28 heavy (non-hydrogen) atoms. The van der Waals surface area contributed by atoms with Crippen molar-refractivity contribution in [2.75, 3.05) is 33.7 Å². The molecule has 0 aliphatic carbocycles. The van der Waals surface area contributed by atoms with Crippen molar-refractivity contribution >= 4 is 8.32 Å². The van der Waals surface area contributed by atoms with E-state index < -0.39 is 26.0 Å². The van der Waals surface area contributed by atoms with E-state index in [1.165, 1.54) is 0 Å². The van der Waals surface area contributed by atoms with Gasteiger partial charge in [-0.2, -0.15) is 0 Å². The van der Waals surface area contributed by atoms with E-state index in [0.29, 0.717) is 13.2 Å². The molecule has 2 aliphatic heterocycles. The van der Waals surface area contributed by atoms with Crippen molar-refractivity contribution < 1.29 is 32.8 Å². The van der Waals surface area contributed by atoms with Gasteiger partial charge in [0.05, 0.1) is 19.8 Å². The molecule has 0 unspecified atom stereocenters. The second-order valence-corrected chi connectivity index (χ2v) is 14.3. The first kappa shape index (κ1) is 24.0. The standard InChI is InChI=1S/C20H38O7Si/c1-10-11-23-17-15-16(26-19(5,6)25-15)20(27-17,12-22-14-21-7)13-24-28(8,9)18(2,3)4/h10,15-17H,1,11-14H2,2-9H3/t15-,16+,17-,20+/m1/s1. The van der Waals surface area contributed by atoms with Gasteiger partial charge in [0, 0.05) is 7.11 Å². The smallest absolute Gasteiger partial charge is 0.192 e. The number of rotatable bonds is 10. The van der Waals surface area contributed by atoms with E-state index in [1.54, 1.807) is 13.2 Å². The van der Waals surface area contributed by atoms with Crippen molar-refractivity contribution in [3.05, 3.63) is 12.7 Å². The quantitative estimate of drug-likeness (QED) is 0.233. The van der Waals surface area contributed by atoms with Gasteiger partial charge in [-0.05, 0) is 32.0 Å². The van der Waals surface area contributed by atoms with Crippen LogP contribution in [0, 0.1) is 0 Å². The van der Waals surface area contributed by atoms with E-state index in [9.17, 15) is 0 Å². The lowest BCUT2D eigenvalue weighted by atomic mass is 9.97. The summed E-state index contributed by atoms with van der Waals surface area (Å²) in [5, 5.41) is 0.0740. The van der Waals surface area contributed by atoms with Gasteiger partial charge < -0.3 is 32.8 Å². The molecule has 0 spiro atoms. The van der Waals surface area contributed by atoms with Gasteiger partial charge >= 0.3 is 0 Å². The van der Waals surface area contributed by atoms with Gasteiger partial charge in [0.1, 0.15) is 24.6 Å². The first-order valence-electron chi connectivity index (χ1n) is 9.84. The van der Waals surface area contributed by atoms with Crippen LogP contribution in [-0.4, -0.2) is 71.9 Å². The molecule has 2 fully saturated rings. The molecule has 0 saturated carbocycles. The Labute approximate surface area is 170 Å². The van der Waals surface area contributed by atoms with Crippen molar-refractivity contribution in [2.45, 2.75) is 82.6 Å². The fourth-order valence-corrected chi connectivity index (χ4v) is 4.18. The average Bonchev–Trinajstić information content (AvgIpc) is 3.03. The number of fused-ring (bicyclic) bond motifs is 1. The molecule has 2 saturated heterocycles. The highest BCUT2D eigenvalue weighted by Gasteiger charge is 2.64. The lowest BCUT2D eigenvalue weighted by Crippen LogP contribution is -2.54. The minimum absolute atomic E-state index is 0.0740. The van der Waals surface area contributed by atoms with Crippen LogP contribution >= 0.6 is 0 Å². The Morgan fingerprint density at radius 2 is 1.79 bits per heavy atom. The van der Waals surface area contributed by atoms with Gasteiger partial charge in [0.25, 0.3) is 0 Å². The van der Waals surface area contributed by atoms with Crippen LogP contribution in [0.1, 0.15) is 34.6 Å². The Hall–Kier alpha value is -0.323. The van der Waals surface area contributed by atoms with Crippen LogP contribution in [-0.2, 0) is 32.8 Å². The number of methoxy groups -OCH3 is 1. The second-order valence-electron chi connectivity index (χ2n) is 9.50. The first-order valence-corrected chi connectivity index (χ1v) is 12.7. The van der Waals surface area contributed by atoms with Crippen LogP contribution in [0.4, 0.5) is 0 Å². The monoisotopic (exact) mass is 418 g/mol. The molecule has 2 heterocycles. The molecule has 0 aromatic heterocycles. The Morgan fingerprint density at radius 1 is 1.11 bits per heavy atom. The van der Waals surface area contributed by atoms with Crippen LogP contribution in [0.2, 0.25) is 18.1 Å². The summed E-state index contributed by atoms with van der Waals surface area (Å²) in [5.41, 5.74) is -0.849. The topological polar surface area (TPSA) is 64.6 Å². The summed E-state index contributed by atoms with van der Waals surface area (Å²) in [4.78, 5) is 0. The van der Waals surface area contributed by atoms with Gasteiger partial charge in [-0.1, -0.05) is 26.8 Å². The maximum atomic E-state index is 6.52. The summed E-state index contributed by atoms with van der Waals surface area (Å²) >= 11 is 0. The highest BCUT2D eigenvalue weighted by molar-refractivity contribution is 6.74. The Balaban J connectivity index is 2.27. The molecule has 2 aliphatic rings. The van der Waals surface area contributed by atoms with Gasteiger partial charge in [-0.3, -0.25) is 0 Å². The van der Waals surface area contributed by atoms with Crippen molar-refractivity contribution in [2.24, 2.45) is 0 Å². The van der Waals surface area contributed by atoms with E-state index >= 15 is 0 Å². The molecule has 7 nitrogen and oxygen atoms in total. The molecule has 0 N–H and O–H groups in total. The van der Waals surface area contributed by atoms with E-state index in [2.05, 4.69) is 40.4 Å². The highest BCUT2D eigenvalue weighted by atomic mass is 28.4. The predicted octanol–water partition coefficient (Wildman–Crippen LogP) is 3.45. The van der Waals surface area contributed by atoms with Gasteiger partial charge in [0.15, 0.2) is 20.4 Å². The average molecular weight is 419 g/mol.